The van der Waals surface area contributed by atoms with Crippen LogP contribution in [-0.2, 0) is 9.59 Å². The SMILES string of the molecule is CC(=O)Nc1cccc(C(C)NC(=O)CC2CCNC2)c1. The van der Waals surface area contributed by atoms with Gasteiger partial charge < -0.3 is 16.0 Å². The molecule has 2 atom stereocenters. The van der Waals surface area contributed by atoms with Crippen LogP contribution < -0.4 is 16.0 Å². The summed E-state index contributed by atoms with van der Waals surface area (Å²) in [5, 5.41) is 9.04. The predicted octanol–water partition coefficient (Wildman–Crippen LogP) is 1.82. The summed E-state index contributed by atoms with van der Waals surface area (Å²) < 4.78 is 0. The lowest BCUT2D eigenvalue weighted by atomic mass is 10.0. The minimum Gasteiger partial charge on any atom is -0.350 e. The quantitative estimate of drug-likeness (QED) is 0.774. The number of hydrogen-bond acceptors (Lipinski definition) is 3. The van der Waals surface area contributed by atoms with Crippen molar-refractivity contribution in [1.29, 1.82) is 0 Å². The molecule has 1 saturated heterocycles. The minimum atomic E-state index is -0.0995. The summed E-state index contributed by atoms with van der Waals surface area (Å²) in [6.07, 6.45) is 1.64. The lowest BCUT2D eigenvalue weighted by Crippen LogP contribution is -2.29. The Kier molecular flexibility index (Phi) is 5.33. The molecule has 1 aliphatic rings. The smallest absolute Gasteiger partial charge is 0.221 e. The molecule has 21 heavy (non-hydrogen) atoms. The fourth-order valence-electron chi connectivity index (χ4n) is 2.62. The van der Waals surface area contributed by atoms with Gasteiger partial charge in [-0.15, -0.1) is 0 Å². The Morgan fingerprint density at radius 1 is 1.43 bits per heavy atom. The van der Waals surface area contributed by atoms with E-state index >= 15 is 0 Å². The third-order valence-corrected chi connectivity index (χ3v) is 3.72. The number of nitrogens with one attached hydrogen (secondary N) is 3. The zero-order chi connectivity index (χ0) is 15.2. The van der Waals surface area contributed by atoms with E-state index in [1.54, 1.807) is 0 Å². The molecule has 2 amide bonds. The Bertz CT molecular complexity index is 510. The fraction of sp³-hybridized carbons (Fsp3) is 0.500. The first-order valence-electron chi connectivity index (χ1n) is 7.42. The van der Waals surface area contributed by atoms with Gasteiger partial charge in [0.25, 0.3) is 0 Å². The highest BCUT2D eigenvalue weighted by molar-refractivity contribution is 5.88. The molecular weight excluding hydrogens is 266 g/mol. The molecule has 2 rings (SSSR count). The molecule has 1 aliphatic heterocycles. The normalized spacial score (nSPS) is 19.0. The van der Waals surface area contributed by atoms with Crippen LogP contribution in [0.15, 0.2) is 24.3 Å². The molecule has 114 valence electrons. The van der Waals surface area contributed by atoms with E-state index in [1.807, 2.05) is 31.2 Å². The summed E-state index contributed by atoms with van der Waals surface area (Å²) in [4.78, 5) is 23.1. The predicted molar refractivity (Wildman–Crippen MR) is 82.9 cm³/mol. The number of rotatable bonds is 5. The molecule has 0 aromatic heterocycles. The summed E-state index contributed by atoms with van der Waals surface area (Å²) in [7, 11) is 0. The molecule has 1 heterocycles. The average molecular weight is 289 g/mol. The Morgan fingerprint density at radius 2 is 2.24 bits per heavy atom. The van der Waals surface area contributed by atoms with Crippen LogP contribution in [0, 0.1) is 5.92 Å². The number of benzene rings is 1. The minimum absolute atomic E-state index is 0.0689. The van der Waals surface area contributed by atoms with Crippen molar-refractivity contribution in [1.82, 2.24) is 10.6 Å². The van der Waals surface area contributed by atoms with E-state index in [4.69, 9.17) is 0 Å². The molecular formula is C16H23N3O2. The van der Waals surface area contributed by atoms with E-state index in [1.165, 1.54) is 6.92 Å². The number of amides is 2. The van der Waals surface area contributed by atoms with Gasteiger partial charge in [-0.1, -0.05) is 12.1 Å². The van der Waals surface area contributed by atoms with Gasteiger partial charge in [-0.3, -0.25) is 9.59 Å². The average Bonchev–Trinajstić information content (AvgIpc) is 2.90. The summed E-state index contributed by atoms with van der Waals surface area (Å²) in [5.41, 5.74) is 1.74. The standard InChI is InChI=1S/C16H23N3O2/c1-11(18-16(21)8-13-6-7-17-10-13)14-4-3-5-15(9-14)19-12(2)20/h3-5,9,11,13,17H,6-8,10H2,1-2H3,(H,18,21)(H,19,20). The molecule has 0 radical (unpaired) electrons. The lowest BCUT2D eigenvalue weighted by Gasteiger charge is -2.17. The van der Waals surface area contributed by atoms with E-state index in [2.05, 4.69) is 16.0 Å². The van der Waals surface area contributed by atoms with Crippen LogP contribution in [0.25, 0.3) is 0 Å². The molecule has 0 aliphatic carbocycles. The monoisotopic (exact) mass is 289 g/mol. The summed E-state index contributed by atoms with van der Waals surface area (Å²) in [6, 6.07) is 7.49. The number of hydrogen-bond donors (Lipinski definition) is 3. The Hall–Kier alpha value is -1.88. The summed E-state index contributed by atoms with van der Waals surface area (Å²) in [6.45, 7) is 5.37. The van der Waals surface area contributed by atoms with Crippen molar-refractivity contribution >= 4 is 17.5 Å². The zero-order valence-electron chi connectivity index (χ0n) is 12.6. The maximum Gasteiger partial charge on any atom is 0.221 e. The van der Waals surface area contributed by atoms with E-state index in [0.29, 0.717) is 12.3 Å². The van der Waals surface area contributed by atoms with Gasteiger partial charge in [-0.2, -0.15) is 0 Å². The van der Waals surface area contributed by atoms with Gasteiger partial charge in [-0.05, 0) is 50.0 Å². The van der Waals surface area contributed by atoms with Gasteiger partial charge in [0.2, 0.25) is 11.8 Å². The Morgan fingerprint density at radius 3 is 2.90 bits per heavy atom. The molecule has 2 unspecified atom stereocenters. The summed E-state index contributed by atoms with van der Waals surface area (Å²) >= 11 is 0. The first-order valence-corrected chi connectivity index (χ1v) is 7.42. The Labute approximate surface area is 125 Å². The second-order valence-electron chi connectivity index (χ2n) is 5.66. The largest absolute Gasteiger partial charge is 0.350 e. The summed E-state index contributed by atoms with van der Waals surface area (Å²) in [5.74, 6) is 0.432. The first kappa shape index (κ1) is 15.5. The number of anilines is 1. The highest BCUT2D eigenvalue weighted by Gasteiger charge is 2.19. The molecule has 3 N–H and O–H groups in total. The maximum absolute atomic E-state index is 12.0. The third kappa shape index (κ3) is 4.86. The lowest BCUT2D eigenvalue weighted by molar-refractivity contribution is -0.122. The van der Waals surface area contributed by atoms with Gasteiger partial charge in [0.15, 0.2) is 0 Å². The molecule has 1 fully saturated rings. The molecule has 0 saturated carbocycles. The van der Waals surface area contributed by atoms with Crippen molar-refractivity contribution in [2.45, 2.75) is 32.7 Å². The van der Waals surface area contributed by atoms with Crippen LogP contribution in [0.1, 0.15) is 38.3 Å². The highest BCUT2D eigenvalue weighted by Crippen LogP contribution is 2.18. The van der Waals surface area contributed by atoms with Gasteiger partial charge in [0.1, 0.15) is 0 Å². The van der Waals surface area contributed by atoms with Crippen molar-refractivity contribution in [2.24, 2.45) is 5.92 Å². The number of carbonyl (C=O) groups excluding carboxylic acids is 2. The molecule has 5 heteroatoms. The van der Waals surface area contributed by atoms with Gasteiger partial charge in [0, 0.05) is 19.0 Å². The highest BCUT2D eigenvalue weighted by atomic mass is 16.2. The van der Waals surface area contributed by atoms with E-state index in [9.17, 15) is 9.59 Å². The fourth-order valence-corrected chi connectivity index (χ4v) is 2.62. The molecule has 1 aromatic rings. The second-order valence-corrected chi connectivity index (χ2v) is 5.66. The number of carbonyl (C=O) groups is 2. The topological polar surface area (TPSA) is 70.2 Å². The van der Waals surface area contributed by atoms with Crippen LogP contribution >= 0.6 is 0 Å². The molecule has 0 spiro atoms. The van der Waals surface area contributed by atoms with Crippen molar-refractivity contribution < 1.29 is 9.59 Å². The van der Waals surface area contributed by atoms with Crippen LogP contribution in [0.5, 0.6) is 0 Å². The van der Waals surface area contributed by atoms with Gasteiger partial charge in [0.05, 0.1) is 6.04 Å². The van der Waals surface area contributed by atoms with E-state index in [-0.39, 0.29) is 17.9 Å². The van der Waals surface area contributed by atoms with Crippen molar-refractivity contribution in [3.8, 4) is 0 Å². The maximum atomic E-state index is 12.0. The van der Waals surface area contributed by atoms with Crippen LogP contribution in [-0.4, -0.2) is 24.9 Å². The van der Waals surface area contributed by atoms with E-state index < -0.39 is 0 Å². The third-order valence-electron chi connectivity index (χ3n) is 3.72. The van der Waals surface area contributed by atoms with Gasteiger partial charge >= 0.3 is 0 Å². The van der Waals surface area contributed by atoms with E-state index in [0.717, 1.165) is 30.8 Å². The molecule has 5 nitrogen and oxygen atoms in total. The van der Waals surface area contributed by atoms with Crippen molar-refractivity contribution in [3.63, 3.8) is 0 Å². The van der Waals surface area contributed by atoms with Crippen LogP contribution in [0.2, 0.25) is 0 Å². The van der Waals surface area contributed by atoms with Crippen molar-refractivity contribution in [2.75, 3.05) is 18.4 Å². The van der Waals surface area contributed by atoms with Crippen LogP contribution in [0.3, 0.4) is 0 Å². The Balaban J connectivity index is 1.91. The molecule has 1 aromatic carbocycles. The van der Waals surface area contributed by atoms with Crippen molar-refractivity contribution in [3.05, 3.63) is 29.8 Å². The molecule has 0 bridgehead atoms. The second kappa shape index (κ2) is 7.22. The van der Waals surface area contributed by atoms with Gasteiger partial charge in [-0.25, -0.2) is 0 Å². The van der Waals surface area contributed by atoms with Crippen LogP contribution in [0.4, 0.5) is 5.69 Å². The first-order chi connectivity index (χ1) is 10.0. The zero-order valence-corrected chi connectivity index (χ0v) is 12.6.